The van der Waals surface area contributed by atoms with Crippen molar-refractivity contribution in [2.75, 3.05) is 23.5 Å². The monoisotopic (exact) mass is 455 g/mol. The molecule has 2 rings (SSSR count). The van der Waals surface area contributed by atoms with E-state index in [1.807, 2.05) is 0 Å². The van der Waals surface area contributed by atoms with Crippen molar-refractivity contribution in [1.82, 2.24) is 0 Å². The molecule has 0 aliphatic carbocycles. The molecule has 0 aromatic heterocycles. The molecule has 1 saturated heterocycles. The number of unbranched alkanes of at least 4 members (excludes halogenated alkanes) is 1. The molecule has 1 N–H and O–H groups in total. The van der Waals surface area contributed by atoms with Crippen LogP contribution in [-0.4, -0.2) is 35.1 Å². The Morgan fingerprint density at radius 1 is 1.36 bits per heavy atom. The van der Waals surface area contributed by atoms with Crippen LogP contribution in [0.4, 0.5) is 5.69 Å². The quantitative estimate of drug-likeness (QED) is 0.314. The fraction of sp³-hybridized carbons (Fsp3) is 0.550. The van der Waals surface area contributed by atoms with E-state index in [1.54, 1.807) is 11.8 Å². The van der Waals surface area contributed by atoms with Crippen LogP contribution in [0, 0.1) is 6.92 Å². The van der Waals surface area contributed by atoms with E-state index in [1.165, 1.54) is 5.69 Å². The molecule has 3 atom stereocenters. The van der Waals surface area contributed by atoms with E-state index >= 15 is 0 Å². The Bertz CT molecular complexity index is 511. The summed E-state index contributed by atoms with van der Waals surface area (Å²) in [6.45, 7) is 4.86. The zero-order chi connectivity index (χ0) is 17.4. The van der Waals surface area contributed by atoms with Crippen LogP contribution in [0.15, 0.2) is 36.4 Å². The molecule has 1 aromatic rings. The number of hydrogen-bond acceptors (Lipinski definition) is 3. The normalized spacial score (nSPS) is 21.5. The molecule has 2 nitrogen and oxygen atoms in total. The van der Waals surface area contributed by atoms with Crippen molar-refractivity contribution in [3.05, 3.63) is 48.9 Å². The number of rotatable bonds is 9. The molecule has 1 aliphatic rings. The topological polar surface area (TPSA) is 23.5 Å². The largest absolute Gasteiger partial charge is 0.388 e. The van der Waals surface area contributed by atoms with Gasteiger partial charge in [-0.3, -0.25) is 0 Å². The Kier molecular flexibility index (Phi) is 12.0. The van der Waals surface area contributed by atoms with Crippen molar-refractivity contribution >= 4 is 29.1 Å². The van der Waals surface area contributed by atoms with Gasteiger partial charge in [0.25, 0.3) is 0 Å². The van der Waals surface area contributed by atoms with Gasteiger partial charge in [0, 0.05) is 51.0 Å². The van der Waals surface area contributed by atoms with Crippen LogP contribution >= 0.6 is 23.4 Å². The second kappa shape index (κ2) is 12.8. The van der Waals surface area contributed by atoms with Crippen LogP contribution in [0.25, 0.3) is 0 Å². The number of aliphatic hydroxyl groups excluding tert-OH is 1. The number of nitrogens with zero attached hydrogens (tertiary/aromatic N) is 1. The van der Waals surface area contributed by atoms with Crippen molar-refractivity contribution in [3.8, 4) is 0 Å². The molecule has 3 unspecified atom stereocenters. The first kappa shape index (κ1) is 23.5. The zero-order valence-corrected chi connectivity index (χ0v) is 19.5. The number of benzene rings is 1. The maximum absolute atomic E-state index is 10.2. The Morgan fingerprint density at radius 3 is 2.72 bits per heavy atom. The van der Waals surface area contributed by atoms with Gasteiger partial charge in [0.1, 0.15) is 0 Å². The van der Waals surface area contributed by atoms with Crippen molar-refractivity contribution in [1.29, 1.82) is 0 Å². The van der Waals surface area contributed by atoms with Gasteiger partial charge in [-0.05, 0) is 49.0 Å². The molecule has 1 fully saturated rings. The molecule has 0 spiro atoms. The summed E-state index contributed by atoms with van der Waals surface area (Å²) in [5, 5.41) is 10.4. The second-order valence-electron chi connectivity index (χ2n) is 6.30. The smallest absolute Gasteiger partial charge is 0.0798 e. The van der Waals surface area contributed by atoms with Crippen molar-refractivity contribution in [3.63, 3.8) is 0 Å². The van der Waals surface area contributed by atoms with Crippen molar-refractivity contribution < 1.29 is 37.8 Å². The molecular weight excluding hydrogens is 427 g/mol. The number of thioether (sulfide) groups is 1. The fourth-order valence-electron chi connectivity index (χ4n) is 3.17. The molecule has 137 valence electrons. The molecule has 1 aromatic carbocycles. The Balaban J connectivity index is 0.00000312. The van der Waals surface area contributed by atoms with Crippen molar-refractivity contribution in [2.45, 2.75) is 49.6 Å². The van der Waals surface area contributed by atoms with Gasteiger partial charge in [-0.2, -0.15) is 18.2 Å². The van der Waals surface area contributed by atoms with Gasteiger partial charge < -0.3 is 16.9 Å². The summed E-state index contributed by atoms with van der Waals surface area (Å²) in [7, 11) is 0. The Hall–Kier alpha value is 0.464. The average Bonchev–Trinajstić information content (AvgIpc) is 2.97. The fourth-order valence-corrected chi connectivity index (χ4v) is 3.96. The number of aliphatic hydroxyl groups is 1. The summed E-state index contributed by atoms with van der Waals surface area (Å²) in [5.74, 6) is 0.977. The first-order chi connectivity index (χ1) is 11.7. The van der Waals surface area contributed by atoms with Crippen LogP contribution in [-0.2, 0) is 32.7 Å². The Morgan fingerprint density at radius 2 is 2.08 bits per heavy atom. The summed E-state index contributed by atoms with van der Waals surface area (Å²) in [5.41, 5.74) is 2.20. The molecular formula is C20H29ClNOSY-. The molecule has 1 aliphatic heterocycles. The third-order valence-electron chi connectivity index (χ3n) is 4.58. The minimum absolute atomic E-state index is 0. The summed E-state index contributed by atoms with van der Waals surface area (Å²) >= 11 is 8.31. The molecule has 0 bridgehead atoms. The first-order valence-corrected chi connectivity index (χ1v) is 10.6. The standard InChI is InChI=1S/C20H29ClNOS.Y/c1-3-4-5-6-7-19-18(21)12-14-22(19)17-10-8-16(9-11-17)20(23)13-15-24-2;/h5-6,8-11,18-20,23H,1,3-4,7,12-15H2,2H3;/q-1;/b6-5-;. The van der Waals surface area contributed by atoms with Gasteiger partial charge in [0.15, 0.2) is 0 Å². The summed E-state index contributed by atoms with van der Waals surface area (Å²) in [6, 6.07) is 8.70. The SMILES string of the molecule is [CH2-]CC/C=C\CC1C(Cl)CCN1c1ccc(C(O)CCSC)cc1.[Y]. The van der Waals surface area contributed by atoms with E-state index in [2.05, 4.69) is 54.5 Å². The molecule has 0 amide bonds. The van der Waals surface area contributed by atoms with Crippen LogP contribution in [0.5, 0.6) is 0 Å². The molecule has 1 radical (unpaired) electrons. The van der Waals surface area contributed by atoms with Crippen LogP contribution in [0.3, 0.4) is 0 Å². The average molecular weight is 456 g/mol. The first-order valence-electron chi connectivity index (χ1n) is 8.79. The van der Waals surface area contributed by atoms with Gasteiger partial charge in [-0.15, -0.1) is 11.6 Å². The van der Waals surface area contributed by atoms with Crippen LogP contribution < -0.4 is 4.90 Å². The van der Waals surface area contributed by atoms with Crippen LogP contribution in [0.2, 0.25) is 0 Å². The number of allylic oxidation sites excluding steroid dienone is 1. The summed E-state index contributed by atoms with van der Waals surface area (Å²) in [4.78, 5) is 2.41. The third kappa shape index (κ3) is 7.18. The predicted molar refractivity (Wildman–Crippen MR) is 108 cm³/mol. The molecule has 25 heavy (non-hydrogen) atoms. The van der Waals surface area contributed by atoms with Crippen LogP contribution in [0.1, 0.15) is 43.8 Å². The van der Waals surface area contributed by atoms with E-state index in [4.69, 9.17) is 11.6 Å². The maximum Gasteiger partial charge on any atom is 0.0798 e. The summed E-state index contributed by atoms with van der Waals surface area (Å²) < 4.78 is 0. The maximum atomic E-state index is 10.2. The number of hydrogen-bond donors (Lipinski definition) is 1. The molecule has 0 saturated carbocycles. The zero-order valence-electron chi connectivity index (χ0n) is 15.1. The molecule has 1 heterocycles. The van der Waals surface area contributed by atoms with E-state index in [0.717, 1.165) is 50.0 Å². The van der Waals surface area contributed by atoms with Crippen molar-refractivity contribution in [2.24, 2.45) is 0 Å². The van der Waals surface area contributed by atoms with Gasteiger partial charge in [-0.1, -0.05) is 30.7 Å². The third-order valence-corrected chi connectivity index (χ3v) is 5.74. The van der Waals surface area contributed by atoms with E-state index in [9.17, 15) is 5.11 Å². The predicted octanol–water partition coefficient (Wildman–Crippen LogP) is 5.22. The van der Waals surface area contributed by atoms with E-state index in [-0.39, 0.29) is 44.2 Å². The summed E-state index contributed by atoms with van der Waals surface area (Å²) in [6.07, 6.45) is 10.9. The number of halogens is 1. The number of anilines is 1. The van der Waals surface area contributed by atoms with Gasteiger partial charge in [-0.25, -0.2) is 0 Å². The minimum Gasteiger partial charge on any atom is -0.388 e. The van der Waals surface area contributed by atoms with Gasteiger partial charge >= 0.3 is 0 Å². The van der Waals surface area contributed by atoms with E-state index < -0.39 is 0 Å². The van der Waals surface area contributed by atoms with Gasteiger partial charge in [0.2, 0.25) is 0 Å². The Labute approximate surface area is 187 Å². The molecule has 5 heteroatoms. The van der Waals surface area contributed by atoms with E-state index in [0.29, 0.717) is 6.04 Å². The van der Waals surface area contributed by atoms with Gasteiger partial charge in [0.05, 0.1) is 11.5 Å². The minimum atomic E-state index is -0.368. The number of alkyl halides is 1. The second-order valence-corrected chi connectivity index (χ2v) is 7.85.